The number of halogens is 2. The second-order valence-corrected chi connectivity index (χ2v) is 6.93. The molecule has 110 valence electrons. The van der Waals surface area contributed by atoms with Crippen molar-refractivity contribution in [1.29, 1.82) is 0 Å². The van der Waals surface area contributed by atoms with Crippen molar-refractivity contribution < 1.29 is 13.9 Å². The number of esters is 1. The zero-order chi connectivity index (χ0) is 14.9. The van der Waals surface area contributed by atoms with Gasteiger partial charge >= 0.3 is 5.97 Å². The van der Waals surface area contributed by atoms with Crippen LogP contribution in [0.2, 0.25) is 0 Å². The average molecular weight is 344 g/mol. The monoisotopic (exact) mass is 343 g/mol. The van der Waals surface area contributed by atoms with Crippen molar-refractivity contribution in [1.82, 2.24) is 5.32 Å². The number of nitrogens with one attached hydrogen (secondary N) is 1. The maximum atomic E-state index is 13.3. The number of ether oxygens (including phenoxy) is 1. The molecule has 0 aromatic heterocycles. The molecule has 0 amide bonds. The largest absolute Gasteiger partial charge is 0.460 e. The summed E-state index contributed by atoms with van der Waals surface area (Å²) in [6.07, 6.45) is 0. The minimum Gasteiger partial charge on any atom is -0.460 e. The topological polar surface area (TPSA) is 38.3 Å². The molecule has 3 nitrogen and oxygen atoms in total. The van der Waals surface area contributed by atoms with Gasteiger partial charge in [0, 0.05) is 19.0 Å². The second-order valence-electron chi connectivity index (χ2n) is 6.08. The van der Waals surface area contributed by atoms with E-state index >= 15 is 0 Å². The summed E-state index contributed by atoms with van der Waals surface area (Å²) in [5, 5.41) is 3.21. The fourth-order valence-electron chi connectivity index (χ4n) is 2.40. The lowest BCUT2D eigenvalue weighted by molar-refractivity contribution is -0.159. The SMILES string of the molecule is CC(C)(C)OC(=O)C1CNCC1c1ccc(F)c(Br)c1. The average Bonchev–Trinajstić information content (AvgIpc) is 2.79. The maximum Gasteiger partial charge on any atom is 0.311 e. The number of carbonyl (C=O) groups excluding carboxylic acids is 1. The lowest BCUT2D eigenvalue weighted by Crippen LogP contribution is -2.31. The first-order valence-electron chi connectivity index (χ1n) is 6.66. The van der Waals surface area contributed by atoms with Crippen LogP contribution in [0.3, 0.4) is 0 Å². The molecule has 2 unspecified atom stereocenters. The Morgan fingerprint density at radius 1 is 1.40 bits per heavy atom. The summed E-state index contributed by atoms with van der Waals surface area (Å²) in [6, 6.07) is 4.89. The molecule has 2 rings (SSSR count). The van der Waals surface area contributed by atoms with E-state index in [2.05, 4.69) is 21.2 Å². The molecule has 2 atom stereocenters. The van der Waals surface area contributed by atoms with E-state index in [9.17, 15) is 9.18 Å². The minimum absolute atomic E-state index is 0.0155. The Labute approximate surface area is 127 Å². The van der Waals surface area contributed by atoms with Gasteiger partial charge in [0.1, 0.15) is 11.4 Å². The lowest BCUT2D eigenvalue weighted by Gasteiger charge is -2.24. The van der Waals surface area contributed by atoms with E-state index in [4.69, 9.17) is 4.74 Å². The molecule has 1 heterocycles. The maximum absolute atomic E-state index is 13.3. The summed E-state index contributed by atoms with van der Waals surface area (Å²) in [6.45, 7) is 6.86. The molecule has 0 saturated carbocycles. The predicted molar refractivity (Wildman–Crippen MR) is 79.0 cm³/mol. The molecule has 0 bridgehead atoms. The molecule has 5 heteroatoms. The number of rotatable bonds is 2. The van der Waals surface area contributed by atoms with Crippen molar-refractivity contribution in [3.63, 3.8) is 0 Å². The Hall–Kier alpha value is -0.940. The highest BCUT2D eigenvalue weighted by Gasteiger charge is 2.36. The van der Waals surface area contributed by atoms with Gasteiger partial charge in [0.05, 0.1) is 10.4 Å². The summed E-state index contributed by atoms with van der Waals surface area (Å²) in [4.78, 5) is 12.2. The summed E-state index contributed by atoms with van der Waals surface area (Å²) in [5.74, 6) is -0.713. The van der Waals surface area contributed by atoms with Gasteiger partial charge in [-0.1, -0.05) is 6.07 Å². The Bertz CT molecular complexity index is 513. The van der Waals surface area contributed by atoms with Crippen LogP contribution < -0.4 is 5.32 Å². The second kappa shape index (κ2) is 5.82. The first kappa shape index (κ1) is 15.4. The van der Waals surface area contributed by atoms with E-state index < -0.39 is 5.60 Å². The van der Waals surface area contributed by atoms with E-state index in [0.717, 1.165) is 5.56 Å². The van der Waals surface area contributed by atoms with Gasteiger partial charge in [0.2, 0.25) is 0 Å². The quantitative estimate of drug-likeness (QED) is 0.837. The fourth-order valence-corrected chi connectivity index (χ4v) is 2.79. The van der Waals surface area contributed by atoms with Gasteiger partial charge in [0.15, 0.2) is 0 Å². The third-order valence-electron chi connectivity index (χ3n) is 3.30. The lowest BCUT2D eigenvalue weighted by atomic mass is 9.89. The van der Waals surface area contributed by atoms with Crippen molar-refractivity contribution in [2.24, 2.45) is 5.92 Å². The highest BCUT2D eigenvalue weighted by Crippen LogP contribution is 2.32. The number of hydrogen-bond donors (Lipinski definition) is 1. The van der Waals surface area contributed by atoms with Crippen molar-refractivity contribution in [3.8, 4) is 0 Å². The minimum atomic E-state index is -0.492. The summed E-state index contributed by atoms with van der Waals surface area (Å²) in [7, 11) is 0. The van der Waals surface area contributed by atoms with Crippen LogP contribution in [0, 0.1) is 11.7 Å². The summed E-state index contributed by atoms with van der Waals surface area (Å²) < 4.78 is 19.2. The zero-order valence-corrected chi connectivity index (χ0v) is 13.5. The normalized spacial score (nSPS) is 22.9. The molecule has 1 aliphatic rings. The van der Waals surface area contributed by atoms with Crippen LogP contribution in [0.15, 0.2) is 22.7 Å². The molecule has 0 aliphatic carbocycles. The highest BCUT2D eigenvalue weighted by atomic mass is 79.9. The van der Waals surface area contributed by atoms with Crippen LogP contribution in [0.4, 0.5) is 4.39 Å². The molecule has 0 radical (unpaired) electrons. The zero-order valence-electron chi connectivity index (χ0n) is 11.9. The summed E-state index contributed by atoms with van der Waals surface area (Å²) in [5.41, 5.74) is 0.451. The van der Waals surface area contributed by atoms with E-state index in [-0.39, 0.29) is 23.6 Å². The van der Waals surface area contributed by atoms with Crippen LogP contribution in [-0.4, -0.2) is 24.7 Å². The van der Waals surface area contributed by atoms with Crippen molar-refractivity contribution in [2.45, 2.75) is 32.3 Å². The van der Waals surface area contributed by atoms with Gasteiger partial charge < -0.3 is 10.1 Å². The van der Waals surface area contributed by atoms with E-state index in [1.807, 2.05) is 20.8 Å². The van der Waals surface area contributed by atoms with E-state index in [1.54, 1.807) is 12.1 Å². The number of benzene rings is 1. The van der Waals surface area contributed by atoms with Gasteiger partial charge in [-0.25, -0.2) is 4.39 Å². The van der Waals surface area contributed by atoms with Gasteiger partial charge in [-0.15, -0.1) is 0 Å². The van der Waals surface area contributed by atoms with Crippen molar-refractivity contribution >= 4 is 21.9 Å². The Balaban J connectivity index is 2.18. The molecule has 1 saturated heterocycles. The molecular formula is C15H19BrFNO2. The van der Waals surface area contributed by atoms with Crippen LogP contribution in [0.1, 0.15) is 32.3 Å². The molecule has 0 spiro atoms. The van der Waals surface area contributed by atoms with Crippen molar-refractivity contribution in [2.75, 3.05) is 13.1 Å². The van der Waals surface area contributed by atoms with Gasteiger partial charge in [0.25, 0.3) is 0 Å². The van der Waals surface area contributed by atoms with Gasteiger partial charge in [-0.2, -0.15) is 0 Å². The first-order chi connectivity index (χ1) is 9.28. The van der Waals surface area contributed by atoms with Gasteiger partial charge in [-0.05, 0) is 54.4 Å². The third kappa shape index (κ3) is 3.58. The Kier molecular flexibility index (Phi) is 4.49. The van der Waals surface area contributed by atoms with Crippen LogP contribution in [0.25, 0.3) is 0 Å². The molecule has 1 aromatic rings. The molecule has 1 N–H and O–H groups in total. The predicted octanol–water partition coefficient (Wildman–Crippen LogP) is 3.23. The van der Waals surface area contributed by atoms with Crippen LogP contribution in [-0.2, 0) is 9.53 Å². The van der Waals surface area contributed by atoms with Crippen LogP contribution >= 0.6 is 15.9 Å². The molecule has 20 heavy (non-hydrogen) atoms. The van der Waals surface area contributed by atoms with Crippen molar-refractivity contribution in [3.05, 3.63) is 34.1 Å². The molecule has 1 aromatic carbocycles. The smallest absolute Gasteiger partial charge is 0.311 e. The number of carbonyl (C=O) groups is 1. The Morgan fingerprint density at radius 2 is 2.10 bits per heavy atom. The third-order valence-corrected chi connectivity index (χ3v) is 3.90. The standard InChI is InChI=1S/C15H19BrFNO2/c1-15(2,3)20-14(19)11-8-18-7-10(11)9-4-5-13(17)12(16)6-9/h4-6,10-11,18H,7-8H2,1-3H3. The fraction of sp³-hybridized carbons (Fsp3) is 0.533. The first-order valence-corrected chi connectivity index (χ1v) is 7.46. The Morgan fingerprint density at radius 3 is 2.70 bits per heavy atom. The van der Waals surface area contributed by atoms with Gasteiger partial charge in [-0.3, -0.25) is 4.79 Å². The van der Waals surface area contributed by atoms with Crippen LogP contribution in [0.5, 0.6) is 0 Å². The summed E-state index contributed by atoms with van der Waals surface area (Å²) >= 11 is 3.19. The highest BCUT2D eigenvalue weighted by molar-refractivity contribution is 9.10. The molecule has 1 aliphatic heterocycles. The number of hydrogen-bond acceptors (Lipinski definition) is 3. The van der Waals surface area contributed by atoms with E-state index in [0.29, 0.717) is 17.6 Å². The molecular weight excluding hydrogens is 325 g/mol. The van der Waals surface area contributed by atoms with E-state index in [1.165, 1.54) is 6.07 Å². The molecule has 1 fully saturated rings.